The Balaban J connectivity index is 0.000000338. The average molecular weight is 781 g/mol. The van der Waals surface area contributed by atoms with Crippen LogP contribution in [0.15, 0.2) is 66.6 Å². The Kier molecular flexibility index (Phi) is 12.1. The number of rotatable bonds is 7. The third-order valence-corrected chi connectivity index (χ3v) is 8.78. The molecule has 1 radical (unpaired) electrons. The number of benzene rings is 3. The van der Waals surface area contributed by atoms with Crippen LogP contribution >= 0.6 is 0 Å². The second kappa shape index (κ2) is 15.0. The molecule has 1 aliphatic rings. The SMILES string of the molecule is CCC(C)C(=O)/C=C(\O)C(C)CC.Cc1c[c-]c2c(c1)-c1cc(CC(C)(C)C)ccc1-c1cc(C(C)C)cc3ccnc-2c13.[Ir]. The van der Waals surface area contributed by atoms with E-state index in [1.165, 1.54) is 55.8 Å². The Morgan fingerprint density at radius 1 is 0.911 bits per heavy atom. The Morgan fingerprint density at radius 2 is 1.60 bits per heavy atom. The molecular weight excluding hydrogens is 731 g/mol. The van der Waals surface area contributed by atoms with Crippen LogP contribution in [0, 0.1) is 30.2 Å². The Hall–Kier alpha value is -3.07. The Morgan fingerprint density at radius 3 is 2.22 bits per heavy atom. The number of aliphatic hydroxyl groups excluding tert-OH is 1. The summed E-state index contributed by atoms with van der Waals surface area (Å²) in [6.45, 7) is 21.4. The molecule has 45 heavy (non-hydrogen) atoms. The summed E-state index contributed by atoms with van der Waals surface area (Å²) in [5, 5.41) is 12.0. The minimum atomic E-state index is 0. The number of allylic oxidation sites excluding steroid dienone is 2. The van der Waals surface area contributed by atoms with Gasteiger partial charge in [-0.15, -0.1) is 29.3 Å². The summed E-state index contributed by atoms with van der Waals surface area (Å²) in [4.78, 5) is 16.2. The van der Waals surface area contributed by atoms with E-state index in [0.717, 1.165) is 30.5 Å². The van der Waals surface area contributed by atoms with Crippen LogP contribution in [0.25, 0.3) is 44.3 Å². The van der Waals surface area contributed by atoms with Gasteiger partial charge in [0.2, 0.25) is 0 Å². The van der Waals surface area contributed by atoms with Gasteiger partial charge in [0, 0.05) is 44.2 Å². The van der Waals surface area contributed by atoms with Crippen LogP contribution in [0.4, 0.5) is 0 Å². The summed E-state index contributed by atoms with van der Waals surface area (Å²) in [5.41, 5.74) is 11.5. The van der Waals surface area contributed by atoms with Gasteiger partial charge in [-0.1, -0.05) is 111 Å². The maximum absolute atomic E-state index is 11.4. The zero-order valence-electron chi connectivity index (χ0n) is 28.8. The molecule has 1 heterocycles. The molecule has 0 amide bonds. The van der Waals surface area contributed by atoms with Crippen LogP contribution in [0.2, 0.25) is 0 Å². The van der Waals surface area contributed by atoms with Crippen molar-refractivity contribution in [3.63, 3.8) is 0 Å². The maximum Gasteiger partial charge on any atom is 0.161 e. The van der Waals surface area contributed by atoms with E-state index in [-0.39, 0.29) is 48.9 Å². The fraction of sp³-hybridized carbons (Fsp3) is 0.415. The maximum atomic E-state index is 11.4. The van der Waals surface area contributed by atoms with Gasteiger partial charge in [-0.3, -0.25) is 4.79 Å². The molecule has 0 bridgehead atoms. The van der Waals surface area contributed by atoms with Crippen molar-refractivity contribution in [3.8, 4) is 33.5 Å². The van der Waals surface area contributed by atoms with E-state index in [9.17, 15) is 9.90 Å². The van der Waals surface area contributed by atoms with Crippen molar-refractivity contribution in [2.45, 2.75) is 94.4 Å². The smallest absolute Gasteiger partial charge is 0.161 e. The predicted molar refractivity (Wildman–Crippen MR) is 187 cm³/mol. The van der Waals surface area contributed by atoms with Crippen molar-refractivity contribution in [1.29, 1.82) is 0 Å². The molecule has 1 aromatic heterocycles. The number of ketones is 1. The van der Waals surface area contributed by atoms with Gasteiger partial charge in [-0.05, 0) is 75.4 Å². The van der Waals surface area contributed by atoms with Crippen molar-refractivity contribution in [2.24, 2.45) is 17.3 Å². The molecule has 0 spiro atoms. The fourth-order valence-electron chi connectivity index (χ4n) is 5.70. The third-order valence-electron chi connectivity index (χ3n) is 8.78. The molecule has 0 aliphatic heterocycles. The number of carbonyl (C=O) groups excluding carboxylic acids is 1. The average Bonchev–Trinajstić information content (AvgIpc) is 3.09. The van der Waals surface area contributed by atoms with Crippen molar-refractivity contribution in [3.05, 3.63) is 89.3 Å². The normalized spacial score (nSPS) is 13.5. The summed E-state index contributed by atoms with van der Waals surface area (Å²) in [5.74, 6) is 0.827. The summed E-state index contributed by atoms with van der Waals surface area (Å²) in [6.07, 6.45) is 6.06. The van der Waals surface area contributed by atoms with E-state index in [2.05, 4.69) is 96.1 Å². The van der Waals surface area contributed by atoms with E-state index in [4.69, 9.17) is 4.98 Å². The number of carbonyl (C=O) groups is 1. The molecular formula is C41H50IrNO2-. The van der Waals surface area contributed by atoms with Crippen molar-refractivity contribution in [2.75, 3.05) is 0 Å². The molecule has 0 saturated heterocycles. The van der Waals surface area contributed by atoms with Crippen LogP contribution in [0.1, 0.15) is 97.8 Å². The third kappa shape index (κ3) is 8.40. The summed E-state index contributed by atoms with van der Waals surface area (Å²) >= 11 is 0. The molecule has 5 rings (SSSR count). The first-order valence-electron chi connectivity index (χ1n) is 16.3. The molecule has 3 aromatic carbocycles. The zero-order valence-corrected chi connectivity index (χ0v) is 31.2. The molecule has 241 valence electrons. The minimum Gasteiger partial charge on any atom is -0.512 e. The zero-order chi connectivity index (χ0) is 32.3. The number of aromatic nitrogens is 1. The number of aliphatic hydroxyl groups is 1. The van der Waals surface area contributed by atoms with E-state index in [1.54, 1.807) is 0 Å². The second-order valence-electron chi connectivity index (χ2n) is 14.2. The first-order chi connectivity index (χ1) is 20.7. The summed E-state index contributed by atoms with van der Waals surface area (Å²) in [7, 11) is 0. The quantitative estimate of drug-likeness (QED) is 0.102. The number of hydrogen-bond acceptors (Lipinski definition) is 3. The van der Waals surface area contributed by atoms with Crippen LogP contribution in [0.5, 0.6) is 0 Å². The Bertz CT molecular complexity index is 1690. The first-order valence-corrected chi connectivity index (χ1v) is 16.3. The van der Waals surface area contributed by atoms with Gasteiger partial charge >= 0.3 is 0 Å². The summed E-state index contributed by atoms with van der Waals surface area (Å²) < 4.78 is 0. The molecule has 1 aliphatic carbocycles. The largest absolute Gasteiger partial charge is 0.512 e. The number of hydrogen-bond donors (Lipinski definition) is 1. The molecule has 2 unspecified atom stereocenters. The molecule has 3 nitrogen and oxygen atoms in total. The molecule has 0 fully saturated rings. The van der Waals surface area contributed by atoms with Gasteiger partial charge in [-0.25, -0.2) is 0 Å². The fourth-order valence-corrected chi connectivity index (χ4v) is 5.70. The number of fused-ring (bicyclic) bond motifs is 5. The number of pyridine rings is 1. The van der Waals surface area contributed by atoms with Crippen LogP contribution < -0.4 is 0 Å². The van der Waals surface area contributed by atoms with Gasteiger partial charge in [-0.2, -0.15) is 0 Å². The van der Waals surface area contributed by atoms with Gasteiger partial charge < -0.3 is 10.1 Å². The van der Waals surface area contributed by atoms with Gasteiger partial charge in [0.1, 0.15) is 0 Å². The predicted octanol–water partition coefficient (Wildman–Crippen LogP) is 11.5. The molecule has 1 N–H and O–H groups in total. The standard InChI is InChI=1S/C30H30N.C11H20O2.Ir/c1-18(2)22-15-21-11-12-31-29-24-9-7-19(3)13-25(24)26-14-20(17-30(4,5)6)8-10-23(26)27(16-22)28(21)29;1-5-8(3)10(12)7-11(13)9(4)6-2;/h7-8,10-16,18H,17H2,1-6H3;7-9,12H,5-6H2,1-4H3;/q-1;;/b;10-7-;. The van der Waals surface area contributed by atoms with E-state index in [0.29, 0.717) is 5.92 Å². The van der Waals surface area contributed by atoms with Crippen LogP contribution in [0.3, 0.4) is 0 Å². The molecule has 0 saturated carbocycles. The van der Waals surface area contributed by atoms with E-state index < -0.39 is 0 Å². The molecule has 4 aromatic rings. The van der Waals surface area contributed by atoms with Crippen molar-refractivity contribution >= 4 is 16.6 Å². The van der Waals surface area contributed by atoms with Gasteiger partial charge in [0.05, 0.1) is 5.76 Å². The van der Waals surface area contributed by atoms with Crippen LogP contribution in [-0.2, 0) is 31.3 Å². The molecule has 4 heteroatoms. The van der Waals surface area contributed by atoms with Crippen molar-refractivity contribution in [1.82, 2.24) is 4.98 Å². The topological polar surface area (TPSA) is 50.2 Å². The summed E-state index contributed by atoms with van der Waals surface area (Å²) in [6, 6.07) is 21.9. The second-order valence-corrected chi connectivity index (χ2v) is 14.2. The van der Waals surface area contributed by atoms with E-state index >= 15 is 0 Å². The monoisotopic (exact) mass is 781 g/mol. The molecule has 2 atom stereocenters. The van der Waals surface area contributed by atoms with Crippen molar-refractivity contribution < 1.29 is 30.0 Å². The van der Waals surface area contributed by atoms with E-state index in [1.807, 2.05) is 33.9 Å². The van der Waals surface area contributed by atoms with Crippen LogP contribution in [-0.4, -0.2) is 15.9 Å². The van der Waals surface area contributed by atoms with Gasteiger partial charge in [0.25, 0.3) is 0 Å². The number of nitrogens with zero attached hydrogens (tertiary/aromatic N) is 1. The number of aryl methyl sites for hydroxylation is 1. The Labute approximate surface area is 284 Å². The first kappa shape index (κ1) is 36.4. The van der Waals surface area contributed by atoms with Gasteiger partial charge in [0.15, 0.2) is 5.78 Å². The minimum absolute atomic E-state index is 0.